The van der Waals surface area contributed by atoms with Crippen molar-refractivity contribution in [2.75, 3.05) is 13.7 Å². The zero-order valence-electron chi connectivity index (χ0n) is 21.8. The quantitative estimate of drug-likeness (QED) is 0.412. The van der Waals surface area contributed by atoms with Crippen LogP contribution in [-0.4, -0.2) is 61.4 Å². The summed E-state index contributed by atoms with van der Waals surface area (Å²) in [5.41, 5.74) is 0.995. The molecule has 0 unspecified atom stereocenters. The second-order valence-electron chi connectivity index (χ2n) is 9.50. The molecule has 2 aromatic carbocycles. The lowest BCUT2D eigenvalue weighted by Gasteiger charge is -2.33. The maximum absolute atomic E-state index is 13.9. The highest BCUT2D eigenvalue weighted by Gasteiger charge is 2.53. The number of amides is 3. The smallest absolute Gasteiger partial charge is 0.411 e. The topological polar surface area (TPSA) is 123 Å². The Morgan fingerprint density at radius 3 is 1.95 bits per heavy atom. The normalized spacial score (nSPS) is 15.6. The Morgan fingerprint density at radius 2 is 1.44 bits per heavy atom. The summed E-state index contributed by atoms with van der Waals surface area (Å²) in [6, 6.07) is 12.7. The minimum atomic E-state index is -5.03. The van der Waals surface area contributed by atoms with Crippen LogP contribution in [0.15, 0.2) is 48.5 Å². The minimum Gasteiger partial charge on any atom is -0.467 e. The van der Waals surface area contributed by atoms with E-state index in [0.29, 0.717) is 6.92 Å². The summed E-state index contributed by atoms with van der Waals surface area (Å²) in [6.07, 6.45) is -7.22. The summed E-state index contributed by atoms with van der Waals surface area (Å²) in [4.78, 5) is 48.7. The van der Waals surface area contributed by atoms with Crippen LogP contribution in [0.2, 0.25) is 0 Å². The summed E-state index contributed by atoms with van der Waals surface area (Å²) in [5, 5.41) is 6.13. The molecule has 1 aliphatic rings. The Bertz CT molecular complexity index is 1210. The van der Waals surface area contributed by atoms with Gasteiger partial charge in [0.2, 0.25) is 11.8 Å². The molecule has 2 aromatic rings. The highest BCUT2D eigenvalue weighted by Crippen LogP contribution is 2.44. The average Bonchev–Trinajstić information content (AvgIpc) is 3.19. The maximum Gasteiger partial charge on any atom is 0.411 e. The fraction of sp³-hybridized carbons (Fsp3) is 0.407. The number of halogens is 3. The molecule has 0 radical (unpaired) electrons. The van der Waals surface area contributed by atoms with Gasteiger partial charge in [-0.2, -0.15) is 13.2 Å². The van der Waals surface area contributed by atoms with Gasteiger partial charge in [0.05, 0.1) is 13.5 Å². The number of esters is 1. The Labute approximate surface area is 223 Å². The summed E-state index contributed by atoms with van der Waals surface area (Å²) >= 11 is 0. The van der Waals surface area contributed by atoms with Crippen molar-refractivity contribution in [1.82, 2.24) is 16.0 Å². The fourth-order valence-electron chi connectivity index (χ4n) is 4.33. The second-order valence-corrected chi connectivity index (χ2v) is 9.50. The number of methoxy groups -OCH3 is 1. The van der Waals surface area contributed by atoms with Gasteiger partial charge >= 0.3 is 18.2 Å². The van der Waals surface area contributed by atoms with Gasteiger partial charge in [-0.05, 0) is 43.0 Å². The van der Waals surface area contributed by atoms with E-state index >= 15 is 0 Å². The van der Waals surface area contributed by atoms with Crippen molar-refractivity contribution in [2.24, 2.45) is 0 Å². The Hall–Kier alpha value is -4.09. The summed E-state index contributed by atoms with van der Waals surface area (Å²) < 4.78 is 51.3. The highest BCUT2D eigenvalue weighted by atomic mass is 19.4. The zero-order chi connectivity index (χ0) is 29.0. The third-order valence-corrected chi connectivity index (χ3v) is 6.54. The third kappa shape index (κ3) is 6.68. The van der Waals surface area contributed by atoms with Crippen molar-refractivity contribution in [2.45, 2.75) is 56.9 Å². The number of alkyl halides is 3. The molecule has 210 valence electrons. The first-order chi connectivity index (χ1) is 18.3. The molecule has 1 aliphatic carbocycles. The number of nitrogens with one attached hydrogen (secondary N) is 3. The second kappa shape index (κ2) is 11.7. The number of fused-ring (bicyclic) bond motifs is 3. The molecule has 0 bridgehead atoms. The van der Waals surface area contributed by atoms with Gasteiger partial charge < -0.3 is 25.4 Å². The molecule has 0 aromatic heterocycles. The van der Waals surface area contributed by atoms with Gasteiger partial charge in [-0.3, -0.25) is 9.59 Å². The highest BCUT2D eigenvalue weighted by molar-refractivity contribution is 5.88. The van der Waals surface area contributed by atoms with Crippen LogP contribution in [0.1, 0.15) is 44.2 Å². The molecule has 0 saturated carbocycles. The van der Waals surface area contributed by atoms with E-state index in [1.54, 1.807) is 5.32 Å². The van der Waals surface area contributed by atoms with Crippen LogP contribution in [0.3, 0.4) is 0 Å². The molecule has 0 saturated heterocycles. The van der Waals surface area contributed by atoms with E-state index in [4.69, 9.17) is 4.74 Å². The van der Waals surface area contributed by atoms with Crippen LogP contribution in [0.4, 0.5) is 18.0 Å². The van der Waals surface area contributed by atoms with Gasteiger partial charge in [-0.25, -0.2) is 9.59 Å². The molecule has 3 N–H and O–H groups in total. The molecule has 0 spiro atoms. The van der Waals surface area contributed by atoms with Gasteiger partial charge in [0.1, 0.15) is 24.2 Å². The molecule has 3 atom stereocenters. The van der Waals surface area contributed by atoms with Crippen LogP contribution in [-0.2, 0) is 23.9 Å². The molecular weight excluding hydrogens is 519 g/mol. The van der Waals surface area contributed by atoms with Crippen molar-refractivity contribution >= 4 is 23.9 Å². The van der Waals surface area contributed by atoms with Crippen molar-refractivity contribution in [3.8, 4) is 11.1 Å². The number of hydrogen-bond donors (Lipinski definition) is 3. The van der Waals surface area contributed by atoms with Crippen LogP contribution in [0.5, 0.6) is 0 Å². The summed E-state index contributed by atoms with van der Waals surface area (Å²) in [6.45, 7) is 3.01. The number of ether oxygens (including phenoxy) is 2. The monoisotopic (exact) mass is 549 g/mol. The van der Waals surface area contributed by atoms with Gasteiger partial charge in [-0.1, -0.05) is 48.5 Å². The van der Waals surface area contributed by atoms with Crippen LogP contribution < -0.4 is 16.0 Å². The molecule has 0 aliphatic heterocycles. The lowest BCUT2D eigenvalue weighted by atomic mass is 9.95. The van der Waals surface area contributed by atoms with Crippen molar-refractivity contribution in [3.63, 3.8) is 0 Å². The van der Waals surface area contributed by atoms with Crippen LogP contribution in [0.25, 0.3) is 11.1 Å². The maximum atomic E-state index is 13.9. The van der Waals surface area contributed by atoms with Gasteiger partial charge in [0, 0.05) is 5.92 Å². The van der Waals surface area contributed by atoms with Crippen molar-refractivity contribution < 1.29 is 41.8 Å². The SMILES string of the molecule is COC(=O)[C@H](C)NC(=O)C[C@@](C)(NC(=O)[C@H](C)NC(=O)OCC1c2ccccc2-c2ccccc21)C(F)(F)F. The van der Waals surface area contributed by atoms with Gasteiger partial charge in [0.25, 0.3) is 0 Å². The molecule has 3 rings (SSSR count). The number of benzene rings is 2. The van der Waals surface area contributed by atoms with E-state index in [2.05, 4.69) is 15.4 Å². The number of hydrogen-bond acceptors (Lipinski definition) is 6. The first kappa shape index (κ1) is 29.5. The standard InChI is InChI=1S/C27H30F3N3O6/c1-15(23(35)33-26(3,27(28,29)30)13-22(34)31-16(2)24(36)38-4)32-25(37)39-14-21-19-11-7-5-9-17(19)18-10-6-8-12-20(18)21/h5-12,15-16,21H,13-14H2,1-4H3,(H,31,34)(H,32,37)(H,33,35)/t15-,16-,26+/m0/s1. The minimum absolute atomic E-state index is 0.0486. The van der Waals surface area contributed by atoms with Crippen LogP contribution in [0, 0.1) is 0 Å². The lowest BCUT2D eigenvalue weighted by molar-refractivity contribution is -0.196. The number of carbonyl (C=O) groups excluding carboxylic acids is 4. The number of carbonyl (C=O) groups is 4. The predicted molar refractivity (Wildman–Crippen MR) is 135 cm³/mol. The Balaban J connectivity index is 1.60. The largest absolute Gasteiger partial charge is 0.467 e. The van der Waals surface area contributed by atoms with E-state index in [1.165, 1.54) is 13.8 Å². The van der Waals surface area contributed by atoms with E-state index in [0.717, 1.165) is 29.4 Å². The predicted octanol–water partition coefficient (Wildman–Crippen LogP) is 3.42. The molecule has 3 amide bonds. The van der Waals surface area contributed by atoms with Crippen molar-refractivity contribution in [1.29, 1.82) is 0 Å². The van der Waals surface area contributed by atoms with E-state index in [1.807, 2.05) is 48.5 Å². The summed E-state index contributed by atoms with van der Waals surface area (Å²) in [5.74, 6) is -3.41. The van der Waals surface area contributed by atoms with E-state index in [-0.39, 0.29) is 12.5 Å². The van der Waals surface area contributed by atoms with Crippen molar-refractivity contribution in [3.05, 3.63) is 59.7 Å². The lowest BCUT2D eigenvalue weighted by Crippen LogP contribution is -2.62. The van der Waals surface area contributed by atoms with E-state index in [9.17, 15) is 32.3 Å². The molecular formula is C27H30F3N3O6. The molecule has 39 heavy (non-hydrogen) atoms. The average molecular weight is 550 g/mol. The first-order valence-corrected chi connectivity index (χ1v) is 12.1. The van der Waals surface area contributed by atoms with Gasteiger partial charge in [-0.15, -0.1) is 0 Å². The Morgan fingerprint density at radius 1 is 0.897 bits per heavy atom. The summed E-state index contributed by atoms with van der Waals surface area (Å²) in [7, 11) is 1.07. The van der Waals surface area contributed by atoms with Crippen LogP contribution >= 0.6 is 0 Å². The fourth-order valence-corrected chi connectivity index (χ4v) is 4.33. The molecule has 0 fully saturated rings. The first-order valence-electron chi connectivity index (χ1n) is 12.1. The Kier molecular flexibility index (Phi) is 8.88. The number of alkyl carbamates (subject to hydrolysis) is 1. The molecule has 9 nitrogen and oxygen atoms in total. The molecule has 12 heteroatoms. The van der Waals surface area contributed by atoms with Gasteiger partial charge in [0.15, 0.2) is 0 Å². The third-order valence-electron chi connectivity index (χ3n) is 6.54. The molecule has 0 heterocycles. The zero-order valence-corrected chi connectivity index (χ0v) is 21.8. The van der Waals surface area contributed by atoms with E-state index < -0.39 is 54.1 Å². The number of rotatable bonds is 9.